The Kier molecular flexibility index (Phi) is 8.64. The maximum absolute atomic E-state index is 7.49. The van der Waals surface area contributed by atoms with Crippen LogP contribution in [-0.2, 0) is 5.41 Å². The summed E-state index contributed by atoms with van der Waals surface area (Å²) in [6.45, 7) is 11.0. The van der Waals surface area contributed by atoms with Gasteiger partial charge >= 0.3 is 0 Å². The highest BCUT2D eigenvalue weighted by Crippen LogP contribution is 2.68. The zero-order valence-electron chi connectivity index (χ0n) is 39.8. The van der Waals surface area contributed by atoms with Gasteiger partial charge in [0, 0.05) is 50.0 Å². The molecule has 10 aromatic carbocycles. The van der Waals surface area contributed by atoms with E-state index in [2.05, 4.69) is 245 Å². The van der Waals surface area contributed by atoms with Gasteiger partial charge in [0.25, 0.3) is 0 Å². The standard InChI is InChI=1S/C66H48N2O2/c1-39-19-18-22-44(35-39)67(53-29-14-6-20-41(53)3)57-38-51-62(61-48-26-11-17-32-59(48)69-64(57)61)63-52(66(51)49-27-12-8-23-45(49)46-24-9-13-28-50(46)66)37-56(60-47-25-10-16-31-58(47)70-65(60)63)68(54-30-15-7-21-42(54)4)55-36-40(2)33-34-43(55)5/h6-38H,1-5H3. The molecular formula is C66H48N2O2. The van der Waals surface area contributed by atoms with Crippen molar-refractivity contribution in [3.63, 3.8) is 0 Å². The molecule has 0 saturated heterocycles. The largest absolute Gasteiger partial charge is 0.455 e. The van der Waals surface area contributed by atoms with Crippen LogP contribution in [0.5, 0.6) is 0 Å². The fourth-order valence-electron chi connectivity index (χ4n) is 12.3. The monoisotopic (exact) mass is 900 g/mol. The van der Waals surface area contributed by atoms with Crippen LogP contribution in [0.3, 0.4) is 0 Å². The van der Waals surface area contributed by atoms with Crippen molar-refractivity contribution in [2.45, 2.75) is 40.0 Å². The van der Waals surface area contributed by atoms with E-state index < -0.39 is 5.41 Å². The highest BCUT2D eigenvalue weighted by atomic mass is 16.3. The molecule has 0 amide bonds. The number of anilines is 6. The van der Waals surface area contributed by atoms with Gasteiger partial charge in [0.15, 0.2) is 5.58 Å². The summed E-state index contributed by atoms with van der Waals surface area (Å²) >= 11 is 0. The van der Waals surface area contributed by atoms with Gasteiger partial charge in [-0.2, -0.15) is 0 Å². The number of furan rings is 2. The zero-order chi connectivity index (χ0) is 47.0. The number of rotatable bonds is 6. The van der Waals surface area contributed by atoms with Crippen LogP contribution in [0.4, 0.5) is 34.1 Å². The average Bonchev–Trinajstić information content (AvgIpc) is 4.12. The molecule has 12 aromatic rings. The quantitative estimate of drug-likeness (QED) is 0.166. The fraction of sp³-hybridized carbons (Fsp3) is 0.0909. The van der Waals surface area contributed by atoms with Gasteiger partial charge in [-0.3, -0.25) is 0 Å². The van der Waals surface area contributed by atoms with E-state index in [1.807, 2.05) is 0 Å². The third-order valence-electron chi connectivity index (χ3n) is 15.3. The predicted molar refractivity (Wildman–Crippen MR) is 290 cm³/mol. The van der Waals surface area contributed by atoms with Crippen LogP contribution in [-0.4, -0.2) is 0 Å². The van der Waals surface area contributed by atoms with Gasteiger partial charge in [0.2, 0.25) is 0 Å². The van der Waals surface area contributed by atoms with Crippen molar-refractivity contribution in [2.24, 2.45) is 0 Å². The summed E-state index contributed by atoms with van der Waals surface area (Å²) < 4.78 is 14.8. The normalized spacial score (nSPS) is 13.0. The van der Waals surface area contributed by atoms with E-state index in [1.54, 1.807) is 0 Å². The topological polar surface area (TPSA) is 32.8 Å². The van der Waals surface area contributed by atoms with Gasteiger partial charge in [0.1, 0.15) is 16.7 Å². The minimum Gasteiger partial charge on any atom is -0.455 e. The Hall–Kier alpha value is -8.60. The van der Waals surface area contributed by atoms with Gasteiger partial charge in [0.05, 0.1) is 22.2 Å². The molecule has 70 heavy (non-hydrogen) atoms. The Morgan fingerprint density at radius 2 is 0.871 bits per heavy atom. The van der Waals surface area contributed by atoms with Crippen LogP contribution in [0.15, 0.2) is 209 Å². The second kappa shape index (κ2) is 14.9. The van der Waals surface area contributed by atoms with Gasteiger partial charge in [-0.1, -0.05) is 146 Å². The first-order chi connectivity index (χ1) is 34.3. The summed E-state index contributed by atoms with van der Waals surface area (Å²) in [5, 5.41) is 4.29. The molecule has 2 aromatic heterocycles. The number of fused-ring (bicyclic) bond motifs is 18. The molecule has 0 fully saturated rings. The van der Waals surface area contributed by atoms with Crippen LogP contribution in [0, 0.1) is 34.6 Å². The summed E-state index contributed by atoms with van der Waals surface area (Å²) in [7, 11) is 0. The Morgan fingerprint density at radius 1 is 0.343 bits per heavy atom. The number of aryl methyl sites for hydroxylation is 5. The Morgan fingerprint density at radius 3 is 1.54 bits per heavy atom. The molecule has 2 heterocycles. The Bertz CT molecular complexity index is 4120. The number of hydrogen-bond acceptors (Lipinski definition) is 4. The van der Waals surface area contributed by atoms with E-state index in [-0.39, 0.29) is 0 Å². The summed E-state index contributed by atoms with van der Waals surface area (Å²) in [6.07, 6.45) is 0. The lowest BCUT2D eigenvalue weighted by atomic mass is 9.70. The first-order valence-electron chi connectivity index (χ1n) is 24.3. The molecule has 0 radical (unpaired) electrons. The molecule has 0 aliphatic heterocycles. The average molecular weight is 901 g/mol. The van der Waals surface area contributed by atoms with Gasteiger partial charge < -0.3 is 18.6 Å². The van der Waals surface area contributed by atoms with Crippen molar-refractivity contribution in [3.05, 3.63) is 250 Å². The molecule has 334 valence electrons. The van der Waals surface area contributed by atoms with E-state index in [1.165, 1.54) is 61.2 Å². The van der Waals surface area contributed by atoms with Crippen molar-refractivity contribution >= 4 is 78.0 Å². The van der Waals surface area contributed by atoms with Crippen LogP contribution >= 0.6 is 0 Å². The maximum atomic E-state index is 7.49. The van der Waals surface area contributed by atoms with Crippen LogP contribution < -0.4 is 9.80 Å². The lowest BCUT2D eigenvalue weighted by Gasteiger charge is -2.34. The van der Waals surface area contributed by atoms with Crippen molar-refractivity contribution in [1.29, 1.82) is 0 Å². The van der Waals surface area contributed by atoms with E-state index in [9.17, 15) is 0 Å². The number of para-hydroxylation sites is 4. The summed E-state index contributed by atoms with van der Waals surface area (Å²) in [5.41, 5.74) is 24.6. The molecule has 0 bridgehead atoms. The summed E-state index contributed by atoms with van der Waals surface area (Å²) in [4.78, 5) is 4.94. The minimum atomic E-state index is -0.774. The predicted octanol–water partition coefficient (Wildman–Crippen LogP) is 18.3. The number of hydrogen-bond donors (Lipinski definition) is 0. The highest BCUT2D eigenvalue weighted by Gasteiger charge is 2.54. The van der Waals surface area contributed by atoms with Gasteiger partial charge in [-0.15, -0.1) is 0 Å². The first-order valence-corrected chi connectivity index (χ1v) is 24.3. The minimum absolute atomic E-state index is 0.774. The second-order valence-electron chi connectivity index (χ2n) is 19.5. The number of nitrogens with zero attached hydrogens (tertiary/aromatic N) is 2. The third-order valence-corrected chi connectivity index (χ3v) is 15.3. The van der Waals surface area contributed by atoms with Crippen LogP contribution in [0.1, 0.15) is 50.1 Å². The highest BCUT2D eigenvalue weighted by molar-refractivity contribution is 6.26. The zero-order valence-corrected chi connectivity index (χ0v) is 39.8. The molecule has 2 aliphatic rings. The van der Waals surface area contributed by atoms with Crippen molar-refractivity contribution < 1.29 is 8.83 Å². The Labute approximate surface area is 407 Å². The SMILES string of the molecule is Cc1cccc(N(c2ccccc2C)c2cc3c(c4c2oc2ccccc24)-c2c(cc(N(c4ccccc4C)c4cc(C)ccc4C)c4c2oc2ccccc24)C32c3ccccc3-c3ccccc32)c1. The lowest BCUT2D eigenvalue weighted by Crippen LogP contribution is -2.27. The number of benzene rings is 10. The second-order valence-corrected chi connectivity index (χ2v) is 19.5. The lowest BCUT2D eigenvalue weighted by molar-refractivity contribution is 0.668. The van der Waals surface area contributed by atoms with E-state index in [0.29, 0.717) is 0 Å². The van der Waals surface area contributed by atoms with Crippen molar-refractivity contribution in [2.75, 3.05) is 9.80 Å². The molecule has 1 spiro atoms. The first kappa shape index (κ1) is 40.5. The maximum Gasteiger partial charge on any atom is 0.160 e. The van der Waals surface area contributed by atoms with Crippen molar-refractivity contribution in [1.82, 2.24) is 0 Å². The molecule has 4 heteroatoms. The van der Waals surface area contributed by atoms with Crippen molar-refractivity contribution in [3.8, 4) is 22.3 Å². The van der Waals surface area contributed by atoms with Crippen LogP contribution in [0.2, 0.25) is 0 Å². The molecule has 0 unspecified atom stereocenters. The molecule has 0 atom stereocenters. The fourth-order valence-corrected chi connectivity index (χ4v) is 12.3. The smallest absolute Gasteiger partial charge is 0.160 e. The van der Waals surface area contributed by atoms with Gasteiger partial charge in [-0.25, -0.2) is 0 Å². The third kappa shape index (κ3) is 5.47. The molecule has 14 rings (SSSR count). The van der Waals surface area contributed by atoms with E-state index >= 15 is 0 Å². The summed E-state index contributed by atoms with van der Waals surface area (Å²) in [5.74, 6) is 0. The molecular weight excluding hydrogens is 853 g/mol. The molecule has 0 N–H and O–H groups in total. The molecule has 2 aliphatic carbocycles. The summed E-state index contributed by atoms with van der Waals surface area (Å²) in [6, 6.07) is 73.6. The van der Waals surface area contributed by atoms with Crippen LogP contribution in [0.25, 0.3) is 66.1 Å². The van der Waals surface area contributed by atoms with E-state index in [0.717, 1.165) is 89.1 Å². The van der Waals surface area contributed by atoms with Gasteiger partial charge in [-0.05, 0) is 150 Å². The molecule has 4 nitrogen and oxygen atoms in total. The molecule has 0 saturated carbocycles. The Balaban J connectivity index is 1.23. The van der Waals surface area contributed by atoms with E-state index in [4.69, 9.17) is 8.83 Å².